The van der Waals surface area contributed by atoms with Crippen LogP contribution in [-0.2, 0) is 0 Å². The van der Waals surface area contributed by atoms with E-state index in [0.29, 0.717) is 5.58 Å². The summed E-state index contributed by atoms with van der Waals surface area (Å²) in [5.74, 6) is 0. The summed E-state index contributed by atoms with van der Waals surface area (Å²) in [7, 11) is 0. The summed E-state index contributed by atoms with van der Waals surface area (Å²) in [6, 6.07) is 52.9. The Morgan fingerprint density at radius 1 is 0.511 bits per heavy atom. The first-order chi connectivity index (χ1) is 22.3. The van der Waals surface area contributed by atoms with Gasteiger partial charge in [0.05, 0.1) is 11.0 Å². The van der Waals surface area contributed by atoms with Crippen LogP contribution in [0.25, 0.3) is 60.8 Å². The molecule has 0 saturated carbocycles. The Kier molecular flexibility index (Phi) is 5.74. The number of nitrogens with zero attached hydrogens (tertiary/aromatic N) is 4. The molecule has 212 valence electrons. The van der Waals surface area contributed by atoms with E-state index in [1.807, 2.05) is 24.3 Å². The molecule has 0 unspecified atom stereocenters. The number of para-hydroxylation sites is 4. The number of fused-ring (bicyclic) bond motifs is 6. The summed E-state index contributed by atoms with van der Waals surface area (Å²) >= 11 is 0. The lowest BCUT2D eigenvalue weighted by molar-refractivity contribution is 0.667. The van der Waals surface area contributed by atoms with Gasteiger partial charge in [-0.3, -0.25) is 0 Å². The smallest absolute Gasteiger partial charge is 0.180 e. The Balaban J connectivity index is 1.23. The largest absolute Gasteiger partial charge is 0.452 e. The van der Waals surface area contributed by atoms with Crippen LogP contribution in [0.3, 0.4) is 0 Å². The Hall–Kier alpha value is -6.20. The van der Waals surface area contributed by atoms with Crippen molar-refractivity contribution in [1.29, 1.82) is 0 Å². The molecule has 0 radical (unpaired) electrons. The van der Waals surface area contributed by atoms with Gasteiger partial charge in [-0.15, -0.1) is 0 Å². The van der Waals surface area contributed by atoms with Gasteiger partial charge < -0.3 is 13.9 Å². The second kappa shape index (κ2) is 10.2. The lowest BCUT2D eigenvalue weighted by atomic mass is 10.1. The minimum absolute atomic E-state index is 0.699. The number of hydrogen-bond donors (Lipinski definition) is 0. The van der Waals surface area contributed by atoms with Crippen LogP contribution < -0.4 is 4.90 Å². The Bertz CT molecular complexity index is 2460. The molecule has 9 aromatic rings. The topological polar surface area (TPSA) is 47.1 Å². The van der Waals surface area contributed by atoms with Crippen molar-refractivity contribution in [2.75, 3.05) is 4.90 Å². The molecule has 0 aliphatic rings. The second-order valence-corrected chi connectivity index (χ2v) is 11.1. The first-order valence-electron chi connectivity index (χ1n) is 15.0. The highest BCUT2D eigenvalue weighted by molar-refractivity contribution is 6.11. The third-order valence-electron chi connectivity index (χ3n) is 8.48. The van der Waals surface area contributed by atoms with Crippen LogP contribution >= 0.6 is 0 Å². The molecule has 0 spiro atoms. The van der Waals surface area contributed by atoms with Crippen LogP contribution in [0.4, 0.5) is 17.1 Å². The lowest BCUT2D eigenvalue weighted by Gasteiger charge is -2.25. The molecule has 0 amide bonds. The van der Waals surface area contributed by atoms with Crippen LogP contribution in [0.1, 0.15) is 0 Å². The normalized spacial score (nSPS) is 11.6. The van der Waals surface area contributed by atoms with E-state index in [1.165, 1.54) is 10.8 Å². The molecule has 5 nitrogen and oxygen atoms in total. The fourth-order valence-corrected chi connectivity index (χ4v) is 6.50. The molecule has 6 aromatic carbocycles. The average Bonchev–Trinajstić information content (AvgIpc) is 3.65. The van der Waals surface area contributed by atoms with Crippen molar-refractivity contribution in [3.8, 4) is 16.9 Å². The highest BCUT2D eigenvalue weighted by Crippen LogP contribution is 2.40. The molecule has 45 heavy (non-hydrogen) atoms. The Morgan fingerprint density at radius 2 is 1.20 bits per heavy atom. The van der Waals surface area contributed by atoms with E-state index in [-0.39, 0.29) is 0 Å². The summed E-state index contributed by atoms with van der Waals surface area (Å²) in [5.41, 5.74) is 10.7. The predicted octanol–water partition coefficient (Wildman–Crippen LogP) is 10.6. The maximum atomic E-state index is 6.28. The molecular weight excluding hydrogens is 552 g/mol. The molecule has 0 N–H and O–H groups in total. The van der Waals surface area contributed by atoms with Gasteiger partial charge in [-0.2, -0.15) is 0 Å². The van der Waals surface area contributed by atoms with Crippen LogP contribution in [0, 0.1) is 0 Å². The van der Waals surface area contributed by atoms with Crippen molar-refractivity contribution in [1.82, 2.24) is 14.5 Å². The van der Waals surface area contributed by atoms with Gasteiger partial charge in [-0.1, -0.05) is 78.9 Å². The van der Waals surface area contributed by atoms with Crippen LogP contribution in [0.15, 0.2) is 162 Å². The van der Waals surface area contributed by atoms with Gasteiger partial charge in [0.25, 0.3) is 0 Å². The minimum Gasteiger partial charge on any atom is -0.452 e. The van der Waals surface area contributed by atoms with Crippen molar-refractivity contribution in [3.63, 3.8) is 0 Å². The van der Waals surface area contributed by atoms with E-state index in [0.717, 1.165) is 61.5 Å². The molecule has 9 rings (SSSR count). The van der Waals surface area contributed by atoms with Crippen LogP contribution in [0.2, 0.25) is 0 Å². The van der Waals surface area contributed by atoms with E-state index in [9.17, 15) is 0 Å². The van der Waals surface area contributed by atoms with Crippen molar-refractivity contribution in [3.05, 3.63) is 158 Å². The quantitative estimate of drug-likeness (QED) is 0.204. The van der Waals surface area contributed by atoms with Crippen molar-refractivity contribution >= 4 is 60.9 Å². The SMILES string of the molecule is c1ccc(N(c2ccccc2)c2ccc3c(c2)c2ccccc2n3-c2cccc(-c3ncnc4c3oc3ccccc34)c2)cc1. The summed E-state index contributed by atoms with van der Waals surface area (Å²) in [6.45, 7) is 0. The number of hydrogen-bond acceptors (Lipinski definition) is 4. The van der Waals surface area contributed by atoms with Gasteiger partial charge in [-0.05, 0) is 72.8 Å². The van der Waals surface area contributed by atoms with E-state index in [4.69, 9.17) is 4.42 Å². The third-order valence-corrected chi connectivity index (χ3v) is 8.48. The average molecular weight is 579 g/mol. The number of furan rings is 1. The summed E-state index contributed by atoms with van der Waals surface area (Å²) in [5, 5.41) is 3.38. The minimum atomic E-state index is 0.699. The second-order valence-electron chi connectivity index (χ2n) is 11.1. The molecule has 0 atom stereocenters. The van der Waals surface area contributed by atoms with Crippen molar-refractivity contribution in [2.24, 2.45) is 0 Å². The van der Waals surface area contributed by atoms with E-state index < -0.39 is 0 Å². The highest BCUT2D eigenvalue weighted by Gasteiger charge is 2.19. The fraction of sp³-hybridized carbons (Fsp3) is 0. The van der Waals surface area contributed by atoms with Gasteiger partial charge in [-0.25, -0.2) is 9.97 Å². The molecule has 3 heterocycles. The molecule has 0 fully saturated rings. The molecular formula is C40H26N4O. The van der Waals surface area contributed by atoms with Gasteiger partial charge in [0, 0.05) is 44.5 Å². The van der Waals surface area contributed by atoms with Crippen molar-refractivity contribution in [2.45, 2.75) is 0 Å². The fourth-order valence-electron chi connectivity index (χ4n) is 6.50. The predicted molar refractivity (Wildman–Crippen MR) is 184 cm³/mol. The van der Waals surface area contributed by atoms with Gasteiger partial charge in [0.1, 0.15) is 23.1 Å². The third kappa shape index (κ3) is 4.09. The summed E-state index contributed by atoms with van der Waals surface area (Å²) in [6.07, 6.45) is 1.62. The lowest BCUT2D eigenvalue weighted by Crippen LogP contribution is -2.09. The molecule has 0 aliphatic carbocycles. The summed E-state index contributed by atoms with van der Waals surface area (Å²) in [4.78, 5) is 11.6. The molecule has 0 bridgehead atoms. The van der Waals surface area contributed by atoms with E-state index in [2.05, 4.69) is 147 Å². The van der Waals surface area contributed by atoms with Crippen molar-refractivity contribution < 1.29 is 4.42 Å². The maximum Gasteiger partial charge on any atom is 0.180 e. The zero-order valence-electron chi connectivity index (χ0n) is 24.2. The number of benzene rings is 6. The molecule has 5 heteroatoms. The first kappa shape index (κ1) is 25.3. The van der Waals surface area contributed by atoms with Gasteiger partial charge >= 0.3 is 0 Å². The Morgan fingerprint density at radius 3 is 2.00 bits per heavy atom. The standard InChI is InChI=1S/C40H26N4O/c1-3-13-28(14-4-1)43(29-15-5-2-6-16-29)31-22-23-36-34(25-31)32-18-7-9-20-35(32)44(36)30-17-11-12-27(24-30)38-40-39(42-26-41-38)33-19-8-10-21-37(33)45-40/h1-26H. The zero-order valence-corrected chi connectivity index (χ0v) is 24.2. The number of anilines is 3. The molecule has 3 aromatic heterocycles. The van der Waals surface area contributed by atoms with E-state index >= 15 is 0 Å². The zero-order chi connectivity index (χ0) is 29.7. The van der Waals surface area contributed by atoms with Crippen LogP contribution in [0.5, 0.6) is 0 Å². The Labute approximate surface area is 259 Å². The van der Waals surface area contributed by atoms with Gasteiger partial charge in [0.15, 0.2) is 5.58 Å². The maximum absolute atomic E-state index is 6.28. The number of aromatic nitrogens is 3. The summed E-state index contributed by atoms with van der Waals surface area (Å²) < 4.78 is 8.62. The van der Waals surface area contributed by atoms with E-state index in [1.54, 1.807) is 6.33 Å². The molecule has 0 aliphatic heterocycles. The highest BCUT2D eigenvalue weighted by atomic mass is 16.3. The first-order valence-corrected chi connectivity index (χ1v) is 15.0. The molecule has 0 saturated heterocycles. The van der Waals surface area contributed by atoms with Crippen LogP contribution in [-0.4, -0.2) is 14.5 Å². The number of rotatable bonds is 5. The van der Waals surface area contributed by atoms with Gasteiger partial charge in [0.2, 0.25) is 0 Å². The monoisotopic (exact) mass is 578 g/mol.